The van der Waals surface area contributed by atoms with E-state index in [0.29, 0.717) is 5.82 Å². The van der Waals surface area contributed by atoms with Crippen LogP contribution in [0.25, 0.3) is 0 Å². The number of nitrogens with zero attached hydrogens (tertiary/aromatic N) is 4. The van der Waals surface area contributed by atoms with E-state index in [9.17, 15) is 0 Å². The SMILES string of the molecule is ClC1(Cl)CCCCn2nnnc21. The minimum Gasteiger partial charge on any atom is -0.227 e. The molecule has 1 aliphatic heterocycles. The summed E-state index contributed by atoms with van der Waals surface area (Å²) < 4.78 is 0.771. The van der Waals surface area contributed by atoms with Crippen molar-refractivity contribution in [2.75, 3.05) is 0 Å². The molecule has 0 aliphatic carbocycles. The zero-order valence-corrected chi connectivity index (χ0v) is 7.89. The van der Waals surface area contributed by atoms with Crippen molar-refractivity contribution in [1.29, 1.82) is 0 Å². The molecule has 66 valence electrons. The van der Waals surface area contributed by atoms with Gasteiger partial charge >= 0.3 is 0 Å². The Kier molecular flexibility index (Phi) is 1.96. The first-order valence-electron chi connectivity index (χ1n) is 3.84. The van der Waals surface area contributed by atoms with Gasteiger partial charge in [-0.25, -0.2) is 4.68 Å². The van der Waals surface area contributed by atoms with E-state index >= 15 is 0 Å². The number of tetrazole rings is 1. The number of halogens is 2. The smallest absolute Gasteiger partial charge is 0.187 e. The topological polar surface area (TPSA) is 43.6 Å². The van der Waals surface area contributed by atoms with Gasteiger partial charge < -0.3 is 0 Å². The molecule has 0 saturated carbocycles. The highest BCUT2D eigenvalue weighted by Crippen LogP contribution is 2.38. The van der Waals surface area contributed by atoms with E-state index in [0.717, 1.165) is 25.8 Å². The van der Waals surface area contributed by atoms with Crippen molar-refractivity contribution in [3.05, 3.63) is 5.82 Å². The third kappa shape index (κ3) is 1.29. The Labute approximate surface area is 79.8 Å². The molecule has 0 aromatic carbocycles. The van der Waals surface area contributed by atoms with Gasteiger partial charge in [0.05, 0.1) is 0 Å². The Morgan fingerprint density at radius 2 is 2.17 bits per heavy atom. The van der Waals surface area contributed by atoms with E-state index in [1.54, 1.807) is 4.68 Å². The molecule has 0 fully saturated rings. The standard InChI is InChI=1S/C6H8Cl2N4/c7-6(8)3-1-2-4-12-5(6)9-10-11-12/h1-4H2. The van der Waals surface area contributed by atoms with Crippen LogP contribution < -0.4 is 0 Å². The molecule has 4 nitrogen and oxygen atoms in total. The molecule has 2 heterocycles. The van der Waals surface area contributed by atoms with E-state index in [1.165, 1.54) is 0 Å². The van der Waals surface area contributed by atoms with Gasteiger partial charge in [0.2, 0.25) is 0 Å². The number of fused-ring (bicyclic) bond motifs is 1. The Morgan fingerprint density at radius 3 is 3.00 bits per heavy atom. The fourth-order valence-electron chi connectivity index (χ4n) is 1.34. The van der Waals surface area contributed by atoms with Crippen LogP contribution in [0.2, 0.25) is 0 Å². The molecule has 1 aromatic rings. The van der Waals surface area contributed by atoms with Crippen LogP contribution in [-0.4, -0.2) is 20.2 Å². The number of rotatable bonds is 0. The third-order valence-electron chi connectivity index (χ3n) is 1.97. The van der Waals surface area contributed by atoms with E-state index in [-0.39, 0.29) is 0 Å². The first-order chi connectivity index (χ1) is 5.70. The van der Waals surface area contributed by atoms with Crippen molar-refractivity contribution in [2.45, 2.75) is 30.1 Å². The molecule has 2 rings (SSSR count). The molecule has 0 amide bonds. The summed E-state index contributed by atoms with van der Waals surface area (Å²) in [7, 11) is 0. The second kappa shape index (κ2) is 2.85. The maximum Gasteiger partial charge on any atom is 0.187 e. The molecule has 0 N–H and O–H groups in total. The summed E-state index contributed by atoms with van der Waals surface area (Å²) in [6, 6.07) is 0. The summed E-state index contributed by atoms with van der Waals surface area (Å²) in [6.07, 6.45) is 2.74. The normalized spacial score (nSPS) is 21.5. The molecule has 0 bridgehead atoms. The summed E-state index contributed by atoms with van der Waals surface area (Å²) in [5.41, 5.74) is 0. The van der Waals surface area contributed by atoms with Crippen LogP contribution in [0.4, 0.5) is 0 Å². The molecule has 6 heteroatoms. The van der Waals surface area contributed by atoms with Crippen molar-refractivity contribution in [2.24, 2.45) is 0 Å². The highest BCUT2D eigenvalue weighted by Gasteiger charge is 2.34. The molecular formula is C6H8Cl2N4. The van der Waals surface area contributed by atoms with Crippen LogP contribution in [0, 0.1) is 0 Å². The van der Waals surface area contributed by atoms with Crippen molar-refractivity contribution in [1.82, 2.24) is 20.2 Å². The van der Waals surface area contributed by atoms with Gasteiger partial charge in [-0.1, -0.05) is 23.2 Å². The monoisotopic (exact) mass is 206 g/mol. The summed E-state index contributed by atoms with van der Waals surface area (Å²) >= 11 is 12.1. The molecule has 12 heavy (non-hydrogen) atoms. The molecular weight excluding hydrogens is 199 g/mol. The van der Waals surface area contributed by atoms with E-state index in [4.69, 9.17) is 23.2 Å². The van der Waals surface area contributed by atoms with Gasteiger partial charge in [-0.05, 0) is 29.7 Å². The zero-order chi connectivity index (χ0) is 8.60. The fourth-order valence-corrected chi connectivity index (χ4v) is 1.88. The van der Waals surface area contributed by atoms with Crippen LogP contribution >= 0.6 is 23.2 Å². The number of hydrogen-bond donors (Lipinski definition) is 0. The lowest BCUT2D eigenvalue weighted by molar-refractivity contribution is 0.556. The lowest BCUT2D eigenvalue weighted by Gasteiger charge is -2.13. The first-order valence-corrected chi connectivity index (χ1v) is 4.60. The summed E-state index contributed by atoms with van der Waals surface area (Å²) in [4.78, 5) is 0. The van der Waals surface area contributed by atoms with Gasteiger partial charge in [0.15, 0.2) is 10.2 Å². The predicted octanol–water partition coefficient (Wildman–Crippen LogP) is 1.49. The average molecular weight is 207 g/mol. The van der Waals surface area contributed by atoms with Gasteiger partial charge in [0.25, 0.3) is 0 Å². The minimum atomic E-state index is -0.903. The maximum atomic E-state index is 6.05. The van der Waals surface area contributed by atoms with E-state index in [2.05, 4.69) is 15.5 Å². The van der Waals surface area contributed by atoms with Crippen LogP contribution in [0.1, 0.15) is 25.1 Å². The zero-order valence-electron chi connectivity index (χ0n) is 6.37. The van der Waals surface area contributed by atoms with Crippen LogP contribution in [0.3, 0.4) is 0 Å². The quantitative estimate of drug-likeness (QED) is 0.605. The largest absolute Gasteiger partial charge is 0.227 e. The lowest BCUT2D eigenvalue weighted by Crippen LogP contribution is -2.15. The fraction of sp³-hybridized carbons (Fsp3) is 0.833. The average Bonchev–Trinajstić information content (AvgIpc) is 2.42. The first kappa shape index (κ1) is 8.26. The van der Waals surface area contributed by atoms with Gasteiger partial charge in [0.1, 0.15) is 0 Å². The van der Waals surface area contributed by atoms with Gasteiger partial charge in [0, 0.05) is 6.54 Å². The van der Waals surface area contributed by atoms with Crippen molar-refractivity contribution in [3.63, 3.8) is 0 Å². The Hall–Kier alpha value is -0.350. The van der Waals surface area contributed by atoms with E-state index in [1.807, 2.05) is 0 Å². The van der Waals surface area contributed by atoms with Gasteiger partial charge in [-0.15, -0.1) is 5.10 Å². The van der Waals surface area contributed by atoms with E-state index < -0.39 is 4.33 Å². The second-order valence-electron chi connectivity index (χ2n) is 2.89. The lowest BCUT2D eigenvalue weighted by atomic mass is 10.2. The molecule has 0 radical (unpaired) electrons. The summed E-state index contributed by atoms with van der Waals surface area (Å²) in [5.74, 6) is 0.573. The molecule has 0 atom stereocenters. The molecule has 0 spiro atoms. The van der Waals surface area contributed by atoms with Gasteiger partial charge in [-0.3, -0.25) is 0 Å². The summed E-state index contributed by atoms with van der Waals surface area (Å²) in [6.45, 7) is 0.809. The molecule has 1 aromatic heterocycles. The van der Waals surface area contributed by atoms with Crippen LogP contribution in [-0.2, 0) is 10.9 Å². The highest BCUT2D eigenvalue weighted by molar-refractivity contribution is 6.47. The summed E-state index contributed by atoms with van der Waals surface area (Å²) in [5, 5.41) is 11.1. The Balaban J connectivity index is 2.43. The maximum absolute atomic E-state index is 6.05. The van der Waals surface area contributed by atoms with Crippen molar-refractivity contribution in [3.8, 4) is 0 Å². The van der Waals surface area contributed by atoms with Crippen LogP contribution in [0.15, 0.2) is 0 Å². The van der Waals surface area contributed by atoms with Crippen molar-refractivity contribution >= 4 is 23.2 Å². The van der Waals surface area contributed by atoms with Crippen LogP contribution in [0.5, 0.6) is 0 Å². The molecule has 0 unspecified atom stereocenters. The van der Waals surface area contributed by atoms with Crippen molar-refractivity contribution < 1.29 is 0 Å². The number of hydrogen-bond acceptors (Lipinski definition) is 3. The molecule has 0 saturated heterocycles. The highest BCUT2D eigenvalue weighted by atomic mass is 35.5. The Bertz CT molecular complexity index is 283. The second-order valence-corrected chi connectivity index (χ2v) is 4.37. The number of alkyl halides is 2. The minimum absolute atomic E-state index is 0.573. The third-order valence-corrected chi connectivity index (χ3v) is 2.69. The predicted molar refractivity (Wildman–Crippen MR) is 45.1 cm³/mol. The number of aromatic nitrogens is 4. The molecule has 1 aliphatic rings. The Morgan fingerprint density at radius 1 is 1.33 bits per heavy atom. The number of aryl methyl sites for hydroxylation is 1. The van der Waals surface area contributed by atoms with Gasteiger partial charge in [-0.2, -0.15) is 0 Å².